The average molecular weight is 228 g/mol. The van der Waals surface area contributed by atoms with Crippen LogP contribution in [0.2, 0.25) is 0 Å². The van der Waals surface area contributed by atoms with Crippen molar-refractivity contribution in [1.29, 1.82) is 0 Å². The van der Waals surface area contributed by atoms with Crippen LogP contribution in [0, 0.1) is 0 Å². The fourth-order valence-electron chi connectivity index (χ4n) is 1.89. The summed E-state index contributed by atoms with van der Waals surface area (Å²) in [5, 5.41) is 8.95. The van der Waals surface area contributed by atoms with E-state index in [1.807, 2.05) is 60.7 Å². The van der Waals surface area contributed by atoms with Crippen molar-refractivity contribution >= 4 is 5.91 Å². The van der Waals surface area contributed by atoms with Gasteiger partial charge in [0.15, 0.2) is 0 Å². The van der Waals surface area contributed by atoms with Crippen molar-refractivity contribution in [3.8, 4) is 0 Å². The minimum atomic E-state index is -0.428. The normalized spacial score (nSPS) is 10.5. The monoisotopic (exact) mass is 228 g/mol. The van der Waals surface area contributed by atoms with Crippen LogP contribution >= 0.6 is 0 Å². The fourth-order valence-corrected chi connectivity index (χ4v) is 1.89. The number of amides is 1. The minimum absolute atomic E-state index is 0.303. The van der Waals surface area contributed by atoms with Crippen molar-refractivity contribution in [2.45, 2.75) is 5.92 Å². The summed E-state index contributed by atoms with van der Waals surface area (Å²) in [6.07, 6.45) is 0. The Morgan fingerprint density at radius 1 is 0.882 bits per heavy atom. The standard InChI is InChI=1S/C14H13NO2/c16-14(15-17)13(11-7-3-1-4-8-11)12-9-5-2-6-10-12/h1-10,13,17H,(H,15,16)/p+1. The van der Waals surface area contributed by atoms with Crippen LogP contribution in [0.4, 0.5) is 0 Å². The molecule has 17 heavy (non-hydrogen) atoms. The molecule has 0 aliphatic carbocycles. The third-order valence-corrected chi connectivity index (χ3v) is 2.68. The molecule has 2 aromatic carbocycles. The molecule has 2 aromatic rings. The van der Waals surface area contributed by atoms with Gasteiger partial charge in [0.25, 0.3) is 0 Å². The molecule has 1 amide bonds. The molecule has 0 saturated heterocycles. The van der Waals surface area contributed by atoms with E-state index in [1.54, 1.807) is 0 Å². The molecule has 0 unspecified atom stereocenters. The number of carbonyl (C=O) groups is 1. The molecule has 3 N–H and O–H groups in total. The van der Waals surface area contributed by atoms with E-state index in [4.69, 9.17) is 5.21 Å². The highest BCUT2D eigenvalue weighted by atomic mass is 16.5. The second-order valence-electron chi connectivity index (χ2n) is 3.79. The van der Waals surface area contributed by atoms with Gasteiger partial charge in [-0.1, -0.05) is 60.7 Å². The molecule has 0 aromatic heterocycles. The van der Waals surface area contributed by atoms with Gasteiger partial charge in [0.2, 0.25) is 0 Å². The second kappa shape index (κ2) is 5.39. The molecule has 3 nitrogen and oxygen atoms in total. The first kappa shape index (κ1) is 11.5. The Bertz CT molecular complexity index is 443. The van der Waals surface area contributed by atoms with Gasteiger partial charge in [-0.3, -0.25) is 0 Å². The lowest BCUT2D eigenvalue weighted by Gasteiger charge is -2.12. The summed E-state index contributed by atoms with van der Waals surface area (Å²) in [6, 6.07) is 18.9. The van der Waals surface area contributed by atoms with Gasteiger partial charge in [-0.25, -0.2) is 10.0 Å². The van der Waals surface area contributed by atoms with Crippen molar-refractivity contribution in [2.24, 2.45) is 0 Å². The van der Waals surface area contributed by atoms with Crippen LogP contribution in [0.1, 0.15) is 17.0 Å². The van der Waals surface area contributed by atoms with Gasteiger partial charge in [-0.2, -0.15) is 0 Å². The summed E-state index contributed by atoms with van der Waals surface area (Å²) in [4.78, 5) is 11.8. The van der Waals surface area contributed by atoms with Crippen molar-refractivity contribution < 1.29 is 15.5 Å². The predicted octanol–water partition coefficient (Wildman–Crippen LogP) is 1.30. The SMILES string of the molecule is O=C([NH2+]O)C(c1ccccc1)c1ccccc1. The van der Waals surface area contributed by atoms with Gasteiger partial charge in [-0.05, 0) is 11.1 Å². The lowest BCUT2D eigenvalue weighted by Crippen LogP contribution is -2.86. The van der Waals surface area contributed by atoms with Gasteiger partial charge < -0.3 is 0 Å². The summed E-state index contributed by atoms with van der Waals surface area (Å²) >= 11 is 0. The molecular formula is C14H14NO2+. The summed E-state index contributed by atoms with van der Waals surface area (Å²) in [5.74, 6) is -0.732. The number of hydroxylamine groups is 1. The van der Waals surface area contributed by atoms with Crippen LogP contribution in [0.25, 0.3) is 0 Å². The summed E-state index contributed by atoms with van der Waals surface area (Å²) < 4.78 is 0. The highest BCUT2D eigenvalue weighted by Crippen LogP contribution is 2.23. The Balaban J connectivity index is 2.43. The summed E-state index contributed by atoms with van der Waals surface area (Å²) in [7, 11) is 0. The zero-order valence-electron chi connectivity index (χ0n) is 9.28. The number of rotatable bonds is 3. The van der Waals surface area contributed by atoms with Crippen LogP contribution in [0.15, 0.2) is 60.7 Å². The van der Waals surface area contributed by atoms with Crippen molar-refractivity contribution in [1.82, 2.24) is 0 Å². The number of benzene rings is 2. The smallest absolute Gasteiger partial charge is 0.227 e. The van der Waals surface area contributed by atoms with E-state index >= 15 is 0 Å². The predicted molar refractivity (Wildman–Crippen MR) is 63.4 cm³/mol. The Labute approximate surface area is 99.7 Å². The molecule has 0 fully saturated rings. The molecule has 0 radical (unpaired) electrons. The molecule has 3 heteroatoms. The van der Waals surface area contributed by atoms with Crippen LogP contribution in [-0.2, 0) is 4.79 Å². The minimum Gasteiger partial charge on any atom is -0.227 e. The molecule has 86 valence electrons. The van der Waals surface area contributed by atoms with E-state index in [9.17, 15) is 4.79 Å². The maximum atomic E-state index is 11.8. The maximum absolute atomic E-state index is 11.8. The number of hydrogen-bond acceptors (Lipinski definition) is 2. The Morgan fingerprint density at radius 2 is 1.29 bits per heavy atom. The number of nitrogens with two attached hydrogens (primary N) is 1. The first-order valence-corrected chi connectivity index (χ1v) is 5.44. The van der Waals surface area contributed by atoms with Crippen molar-refractivity contribution in [2.75, 3.05) is 0 Å². The zero-order valence-corrected chi connectivity index (χ0v) is 9.28. The van der Waals surface area contributed by atoms with E-state index in [1.165, 1.54) is 0 Å². The Morgan fingerprint density at radius 3 is 1.65 bits per heavy atom. The lowest BCUT2D eigenvalue weighted by molar-refractivity contribution is -0.815. The molecule has 2 rings (SSSR count). The topological polar surface area (TPSA) is 53.9 Å². The highest BCUT2D eigenvalue weighted by Gasteiger charge is 2.25. The van der Waals surface area contributed by atoms with E-state index in [2.05, 4.69) is 0 Å². The number of quaternary nitrogens is 1. The summed E-state index contributed by atoms with van der Waals surface area (Å²) in [6.45, 7) is 0. The van der Waals surface area contributed by atoms with E-state index in [0.717, 1.165) is 11.1 Å². The van der Waals surface area contributed by atoms with Gasteiger partial charge in [0.05, 0.1) is 0 Å². The van der Waals surface area contributed by atoms with Crippen LogP contribution in [0.3, 0.4) is 0 Å². The van der Waals surface area contributed by atoms with Crippen LogP contribution in [0.5, 0.6) is 0 Å². The third-order valence-electron chi connectivity index (χ3n) is 2.68. The van der Waals surface area contributed by atoms with Crippen molar-refractivity contribution in [3.63, 3.8) is 0 Å². The Kier molecular flexibility index (Phi) is 3.65. The third kappa shape index (κ3) is 2.58. The van der Waals surface area contributed by atoms with Gasteiger partial charge >= 0.3 is 5.91 Å². The number of primary amides is 1. The Hall–Kier alpha value is -1.97. The molecule has 0 atom stereocenters. The van der Waals surface area contributed by atoms with E-state index in [0.29, 0.717) is 5.48 Å². The number of hydrogen-bond donors (Lipinski definition) is 2. The quantitative estimate of drug-likeness (QED) is 0.614. The maximum Gasteiger partial charge on any atom is 0.354 e. The fraction of sp³-hybridized carbons (Fsp3) is 0.0714. The molecule has 0 heterocycles. The molecule has 0 aliphatic rings. The van der Waals surface area contributed by atoms with Gasteiger partial charge in [0, 0.05) is 0 Å². The molecular weight excluding hydrogens is 214 g/mol. The molecule has 0 bridgehead atoms. The highest BCUT2D eigenvalue weighted by molar-refractivity contribution is 5.78. The lowest BCUT2D eigenvalue weighted by atomic mass is 9.91. The zero-order chi connectivity index (χ0) is 12.1. The first-order valence-electron chi connectivity index (χ1n) is 5.44. The van der Waals surface area contributed by atoms with E-state index < -0.39 is 5.92 Å². The van der Waals surface area contributed by atoms with Gasteiger partial charge in [-0.15, -0.1) is 5.48 Å². The summed E-state index contributed by atoms with van der Waals surface area (Å²) in [5.41, 5.74) is 2.41. The van der Waals surface area contributed by atoms with Crippen molar-refractivity contribution in [3.05, 3.63) is 71.8 Å². The average Bonchev–Trinajstić information content (AvgIpc) is 2.41. The van der Waals surface area contributed by atoms with Crippen LogP contribution in [-0.4, -0.2) is 11.1 Å². The molecule has 0 saturated carbocycles. The van der Waals surface area contributed by atoms with Gasteiger partial charge in [0.1, 0.15) is 5.92 Å². The van der Waals surface area contributed by atoms with E-state index in [-0.39, 0.29) is 5.91 Å². The second-order valence-corrected chi connectivity index (χ2v) is 3.79. The first-order chi connectivity index (χ1) is 8.33. The largest absolute Gasteiger partial charge is 0.354 e. The van der Waals surface area contributed by atoms with Crippen LogP contribution < -0.4 is 5.48 Å². The number of carbonyl (C=O) groups excluding carboxylic acids is 1. The molecule has 0 spiro atoms. The molecule has 0 aliphatic heterocycles.